The van der Waals surface area contributed by atoms with E-state index in [2.05, 4.69) is 0 Å². The van der Waals surface area contributed by atoms with Crippen molar-refractivity contribution in [2.45, 2.75) is 37.5 Å². The van der Waals surface area contributed by atoms with Gasteiger partial charge in [0.1, 0.15) is 5.75 Å². The molecule has 0 saturated heterocycles. The van der Waals surface area contributed by atoms with Gasteiger partial charge in [-0.25, -0.2) is 0 Å². The quantitative estimate of drug-likeness (QED) is 0.845. The summed E-state index contributed by atoms with van der Waals surface area (Å²) in [7, 11) is 0. The molecule has 0 spiro atoms. The number of aliphatic hydroxyl groups is 1. The van der Waals surface area contributed by atoms with Crippen LogP contribution >= 0.6 is 0 Å². The van der Waals surface area contributed by atoms with E-state index in [1.165, 1.54) is 6.07 Å². The molecule has 1 unspecified atom stereocenters. The highest BCUT2D eigenvalue weighted by Crippen LogP contribution is 2.46. The first-order valence-electron chi connectivity index (χ1n) is 5.86. The monoisotopic (exact) mass is 296 g/mol. The molecule has 0 aliphatic carbocycles. The van der Waals surface area contributed by atoms with Crippen LogP contribution in [0.25, 0.3) is 0 Å². The molecule has 1 aliphatic heterocycles. The van der Waals surface area contributed by atoms with Crippen molar-refractivity contribution in [3.05, 3.63) is 29.3 Å². The predicted octanol–water partition coefficient (Wildman–Crippen LogP) is 3.59. The van der Waals surface area contributed by atoms with Crippen molar-refractivity contribution >= 4 is 0 Å². The summed E-state index contributed by atoms with van der Waals surface area (Å²) in [4.78, 5) is 0. The van der Waals surface area contributed by atoms with Gasteiger partial charge < -0.3 is 9.84 Å². The summed E-state index contributed by atoms with van der Waals surface area (Å²) in [5.41, 5.74) is -0.477. The molecular formula is C13H13F5O2. The molecule has 2 rings (SSSR count). The average Bonchev–Trinajstić information content (AvgIpc) is 2.63. The number of hydrogen-bond acceptors (Lipinski definition) is 2. The summed E-state index contributed by atoms with van der Waals surface area (Å²) in [6.07, 6.45) is -8.75. The molecule has 2 nitrogen and oxygen atoms in total. The molecule has 1 atom stereocenters. The van der Waals surface area contributed by atoms with Crippen molar-refractivity contribution in [2.24, 2.45) is 0 Å². The van der Waals surface area contributed by atoms with Crippen LogP contribution in [0.3, 0.4) is 0 Å². The Labute approximate surface area is 112 Å². The normalized spacial score (nSPS) is 19.4. The van der Waals surface area contributed by atoms with Crippen molar-refractivity contribution in [1.29, 1.82) is 0 Å². The van der Waals surface area contributed by atoms with Crippen LogP contribution in [-0.2, 0) is 5.41 Å². The van der Waals surface area contributed by atoms with Crippen molar-refractivity contribution < 1.29 is 31.8 Å². The zero-order valence-corrected chi connectivity index (χ0v) is 10.8. The third kappa shape index (κ3) is 2.24. The third-order valence-electron chi connectivity index (χ3n) is 3.36. The number of aliphatic hydroxyl groups excluding tert-OH is 1. The van der Waals surface area contributed by atoms with Crippen LogP contribution < -0.4 is 4.74 Å². The Hall–Kier alpha value is -1.37. The van der Waals surface area contributed by atoms with Crippen LogP contribution in [0.5, 0.6) is 5.75 Å². The zero-order chi connectivity index (χ0) is 15.3. The summed E-state index contributed by atoms with van der Waals surface area (Å²) in [5, 5.41) is 9.37. The molecule has 112 valence electrons. The van der Waals surface area contributed by atoms with Crippen LogP contribution in [-0.4, -0.2) is 23.8 Å². The van der Waals surface area contributed by atoms with Gasteiger partial charge in [-0.05, 0) is 17.7 Å². The minimum atomic E-state index is -5.81. The number of halogens is 5. The smallest absolute Gasteiger partial charge is 0.456 e. The van der Waals surface area contributed by atoms with Crippen molar-refractivity contribution in [2.75, 3.05) is 6.61 Å². The highest BCUT2D eigenvalue weighted by atomic mass is 19.4. The largest absolute Gasteiger partial charge is 0.492 e. The summed E-state index contributed by atoms with van der Waals surface area (Å²) in [6.45, 7) is 3.85. The average molecular weight is 296 g/mol. The van der Waals surface area contributed by atoms with Gasteiger partial charge in [-0.15, -0.1) is 0 Å². The Kier molecular flexibility index (Phi) is 3.24. The molecule has 0 amide bonds. The maximum Gasteiger partial charge on any atom is 0.456 e. The van der Waals surface area contributed by atoms with E-state index in [1.54, 1.807) is 13.8 Å². The summed E-state index contributed by atoms with van der Waals surface area (Å²) >= 11 is 0. The van der Waals surface area contributed by atoms with Gasteiger partial charge in [0, 0.05) is 11.0 Å². The third-order valence-corrected chi connectivity index (χ3v) is 3.36. The van der Waals surface area contributed by atoms with Crippen molar-refractivity contribution in [3.63, 3.8) is 0 Å². The fourth-order valence-corrected chi connectivity index (χ4v) is 2.07. The Bertz CT molecular complexity index is 522. The first kappa shape index (κ1) is 15.0. The van der Waals surface area contributed by atoms with Gasteiger partial charge in [0.05, 0.1) is 6.61 Å². The zero-order valence-electron chi connectivity index (χ0n) is 10.8. The second-order valence-electron chi connectivity index (χ2n) is 5.45. The fourth-order valence-electron chi connectivity index (χ4n) is 2.07. The first-order valence-corrected chi connectivity index (χ1v) is 5.86. The van der Waals surface area contributed by atoms with E-state index in [4.69, 9.17) is 4.74 Å². The lowest BCUT2D eigenvalue weighted by Crippen LogP contribution is -2.42. The van der Waals surface area contributed by atoms with Crippen LogP contribution in [0.4, 0.5) is 22.0 Å². The lowest BCUT2D eigenvalue weighted by molar-refractivity contribution is -0.315. The maximum atomic E-state index is 13.1. The number of hydrogen-bond donors (Lipinski definition) is 1. The highest BCUT2D eigenvalue weighted by Gasteiger charge is 2.62. The Morgan fingerprint density at radius 1 is 1.20 bits per heavy atom. The number of benzene rings is 1. The van der Waals surface area contributed by atoms with Crippen molar-refractivity contribution in [3.8, 4) is 5.75 Å². The molecule has 0 saturated carbocycles. The Morgan fingerprint density at radius 2 is 1.80 bits per heavy atom. The molecule has 7 heteroatoms. The highest BCUT2D eigenvalue weighted by molar-refractivity contribution is 5.46. The van der Waals surface area contributed by atoms with E-state index in [0.29, 0.717) is 17.9 Å². The lowest BCUT2D eigenvalue weighted by atomic mass is 9.85. The summed E-state index contributed by atoms with van der Waals surface area (Å²) < 4.78 is 68.4. The molecule has 0 aromatic heterocycles. The molecule has 20 heavy (non-hydrogen) atoms. The molecule has 1 aromatic rings. The van der Waals surface area contributed by atoms with Gasteiger partial charge in [0.2, 0.25) is 0 Å². The Morgan fingerprint density at radius 3 is 2.35 bits per heavy atom. The van der Waals surface area contributed by atoms with E-state index in [-0.39, 0.29) is 0 Å². The molecule has 0 fully saturated rings. The molecule has 0 bridgehead atoms. The van der Waals surface area contributed by atoms with Crippen LogP contribution in [0, 0.1) is 0 Å². The maximum absolute atomic E-state index is 13.1. The minimum Gasteiger partial charge on any atom is -0.492 e. The second-order valence-corrected chi connectivity index (χ2v) is 5.45. The molecule has 1 N–H and O–H groups in total. The number of ether oxygens (including phenoxy) is 1. The van der Waals surface area contributed by atoms with E-state index >= 15 is 0 Å². The molecule has 1 aliphatic rings. The second kappa shape index (κ2) is 4.31. The minimum absolute atomic E-state index is 0.303. The van der Waals surface area contributed by atoms with Gasteiger partial charge >= 0.3 is 12.1 Å². The lowest BCUT2D eigenvalue weighted by Gasteiger charge is -2.25. The van der Waals surface area contributed by atoms with Crippen LogP contribution in [0.1, 0.15) is 31.1 Å². The van der Waals surface area contributed by atoms with E-state index < -0.39 is 29.2 Å². The topological polar surface area (TPSA) is 29.5 Å². The van der Waals surface area contributed by atoms with Crippen LogP contribution in [0.2, 0.25) is 0 Å². The van der Waals surface area contributed by atoms with Gasteiger partial charge in [0.15, 0.2) is 6.10 Å². The molecule has 0 radical (unpaired) electrons. The van der Waals surface area contributed by atoms with E-state index in [9.17, 15) is 27.1 Å². The van der Waals surface area contributed by atoms with Crippen molar-refractivity contribution in [1.82, 2.24) is 0 Å². The van der Waals surface area contributed by atoms with Gasteiger partial charge in [-0.1, -0.05) is 19.9 Å². The van der Waals surface area contributed by atoms with E-state index in [0.717, 1.165) is 12.1 Å². The van der Waals surface area contributed by atoms with Crippen LogP contribution in [0.15, 0.2) is 18.2 Å². The van der Waals surface area contributed by atoms with Gasteiger partial charge in [-0.3, -0.25) is 0 Å². The van der Waals surface area contributed by atoms with Gasteiger partial charge in [0.25, 0.3) is 0 Å². The summed E-state index contributed by atoms with van der Waals surface area (Å²) in [5.74, 6) is -4.77. The molecular weight excluding hydrogens is 283 g/mol. The first-order chi connectivity index (χ1) is 8.97. The predicted molar refractivity (Wildman–Crippen MR) is 60.9 cm³/mol. The summed E-state index contributed by atoms with van der Waals surface area (Å²) in [6, 6.07) is 3.46. The molecule has 1 aromatic carbocycles. The fraction of sp³-hybridized carbons (Fsp3) is 0.538. The molecule has 1 heterocycles. The number of rotatable bonds is 2. The van der Waals surface area contributed by atoms with E-state index in [1.807, 2.05) is 0 Å². The Balaban J connectivity index is 2.41. The van der Waals surface area contributed by atoms with Gasteiger partial charge in [-0.2, -0.15) is 22.0 Å². The number of fused-ring (bicyclic) bond motifs is 1. The SMILES string of the molecule is CC1(C)COc2ccc(C(O)C(F)(F)C(F)(F)F)cc21. The standard InChI is InChI=1S/C13H13F5O2/c1-11(2)6-20-9-4-3-7(5-8(9)11)10(19)12(14,15)13(16,17)18/h3-5,10,19H,6H2,1-2H3. The number of alkyl halides is 5.